The standard InChI is InChI=1S/C26H46N5O3.C5H11NO.CH3NO.CH5N.H2O.Y/c1-18(2)16-29-26(33)24(19(3)4)31(8)20(5)34-17-21-11-13-22(14-12-21)30-25(32)23(28-7)10-9-15-27-6;1-4(2)5(6)3-7;2-1-3;1-2;;/h11-14,16,18-19,23-24,26-29,33H,5,9-10,15,17H2,1-4,6-8H3,(H,30,32);3-5H,6H2,1-2H3;1H,(H2,2,3);2H2,1H3;1H2;/q-1;;;;;/t23-,24?,26?;;;;;/m0...../s1. The minimum absolute atomic E-state index is 0. The number of amides is 2. The number of aliphatic hydroxyl groups is 1. The average molecular weight is 761 g/mol. The number of nitrogens with zero attached hydrogens (tertiary/aromatic N) is 1. The second-order valence-electron chi connectivity index (χ2n) is 11.4. The van der Waals surface area contributed by atoms with E-state index in [2.05, 4.69) is 67.0 Å². The summed E-state index contributed by atoms with van der Waals surface area (Å²) in [6, 6.07) is 6.88. The molecule has 48 heavy (non-hydrogen) atoms. The molecule has 0 saturated carbocycles. The molecule has 1 aromatic carbocycles. The number of likely N-dealkylation sites (N-methyl/N-ethyl adjacent to an activating group) is 2. The first-order chi connectivity index (χ1) is 21.7. The van der Waals surface area contributed by atoms with Crippen molar-refractivity contribution < 1.29 is 62.4 Å². The number of hydrogen-bond acceptors (Lipinski definition) is 11. The van der Waals surface area contributed by atoms with E-state index >= 15 is 0 Å². The zero-order valence-electron chi connectivity index (χ0n) is 31.0. The summed E-state index contributed by atoms with van der Waals surface area (Å²) in [6.07, 6.45) is 1.97. The van der Waals surface area contributed by atoms with E-state index in [1.165, 1.54) is 7.05 Å². The van der Waals surface area contributed by atoms with Gasteiger partial charge in [0, 0.05) is 45.4 Å². The van der Waals surface area contributed by atoms with Crippen molar-refractivity contribution in [3.05, 3.63) is 48.8 Å². The summed E-state index contributed by atoms with van der Waals surface area (Å²) in [5, 5.41) is 22.8. The molecule has 0 heterocycles. The molecule has 0 bridgehead atoms. The van der Waals surface area contributed by atoms with E-state index in [0.29, 0.717) is 18.4 Å². The van der Waals surface area contributed by atoms with Crippen LogP contribution in [0.5, 0.6) is 0 Å². The Balaban J connectivity index is -0.000000379. The van der Waals surface area contributed by atoms with Gasteiger partial charge in [-0.05, 0) is 76.6 Å². The third-order valence-corrected chi connectivity index (χ3v) is 6.59. The van der Waals surface area contributed by atoms with Gasteiger partial charge in [-0.25, -0.2) is 0 Å². The third-order valence-electron chi connectivity index (χ3n) is 6.59. The molecule has 3 unspecified atom stereocenters. The first-order valence-corrected chi connectivity index (χ1v) is 15.7. The molecule has 1 radical (unpaired) electrons. The molecule has 15 heteroatoms. The van der Waals surface area contributed by atoms with E-state index < -0.39 is 6.23 Å². The van der Waals surface area contributed by atoms with E-state index in [9.17, 15) is 14.7 Å². The van der Waals surface area contributed by atoms with Gasteiger partial charge >= 0.3 is 0 Å². The molecule has 0 aliphatic heterocycles. The van der Waals surface area contributed by atoms with Gasteiger partial charge in [-0.1, -0.05) is 53.7 Å². The molecule has 13 N–H and O–H groups in total. The van der Waals surface area contributed by atoms with Crippen LogP contribution >= 0.6 is 0 Å². The van der Waals surface area contributed by atoms with Crippen LogP contribution in [-0.2, 0) is 58.4 Å². The smallest absolute Gasteiger partial charge is 0.241 e. The number of nitrogens with one attached hydrogen (secondary N) is 4. The Morgan fingerprint density at radius 3 is 1.96 bits per heavy atom. The van der Waals surface area contributed by atoms with Gasteiger partial charge in [-0.15, -0.1) is 0 Å². The molecule has 0 aromatic heterocycles. The largest absolute Gasteiger partial charge is 0.475 e. The van der Waals surface area contributed by atoms with Crippen LogP contribution in [0.25, 0.3) is 0 Å². The van der Waals surface area contributed by atoms with Gasteiger partial charge in [0.1, 0.15) is 12.9 Å². The molecule has 0 fully saturated rings. The Morgan fingerprint density at radius 2 is 1.58 bits per heavy atom. The summed E-state index contributed by atoms with van der Waals surface area (Å²) >= 11 is 0. The number of benzene rings is 1. The number of rotatable bonds is 19. The fraction of sp³-hybridized carbons (Fsp3) is 0.636. The third kappa shape index (κ3) is 26.9. The molecule has 0 spiro atoms. The van der Waals surface area contributed by atoms with Gasteiger partial charge in [0.15, 0.2) is 5.88 Å². The first-order valence-electron chi connectivity index (χ1n) is 15.7. The summed E-state index contributed by atoms with van der Waals surface area (Å²) in [5.41, 5.74) is 15.6. The Labute approximate surface area is 315 Å². The summed E-state index contributed by atoms with van der Waals surface area (Å²) in [6.45, 7) is 19.2. The Morgan fingerprint density at radius 1 is 1.06 bits per heavy atom. The van der Waals surface area contributed by atoms with Gasteiger partial charge in [0.05, 0.1) is 24.4 Å². The molecule has 279 valence electrons. The zero-order valence-corrected chi connectivity index (χ0v) is 33.8. The van der Waals surface area contributed by atoms with E-state index in [1.54, 1.807) is 7.05 Å². The van der Waals surface area contributed by atoms with E-state index in [1.807, 2.05) is 63.7 Å². The number of carbonyl (C=O) groups is 3. The second kappa shape index (κ2) is 34.8. The minimum atomic E-state index is -0.740. The van der Waals surface area contributed by atoms with Gasteiger partial charge in [-0.2, -0.15) is 5.92 Å². The van der Waals surface area contributed by atoms with Crippen molar-refractivity contribution in [2.45, 2.75) is 85.3 Å². The number of aliphatic hydroxyl groups excluding tert-OH is 1. The van der Waals surface area contributed by atoms with Crippen molar-refractivity contribution in [1.29, 1.82) is 0 Å². The monoisotopic (exact) mass is 760 g/mol. The molecule has 2 amide bonds. The summed E-state index contributed by atoms with van der Waals surface area (Å²) in [7, 11) is 7.08. The molecule has 0 aliphatic carbocycles. The van der Waals surface area contributed by atoms with Gasteiger partial charge in [0.2, 0.25) is 12.3 Å². The fourth-order valence-corrected chi connectivity index (χ4v) is 3.81. The number of aldehydes is 1. The number of carbonyl (C=O) groups excluding carboxylic acids is 3. The van der Waals surface area contributed by atoms with Crippen LogP contribution in [0, 0.1) is 24.3 Å². The van der Waals surface area contributed by atoms with Crippen LogP contribution in [0.2, 0.25) is 0 Å². The van der Waals surface area contributed by atoms with Crippen LogP contribution < -0.4 is 38.5 Å². The summed E-state index contributed by atoms with van der Waals surface area (Å²) in [5.74, 6) is 1.22. The van der Waals surface area contributed by atoms with Crippen molar-refractivity contribution in [3.8, 4) is 0 Å². The molecule has 4 atom stereocenters. The summed E-state index contributed by atoms with van der Waals surface area (Å²) < 4.78 is 5.91. The fourth-order valence-electron chi connectivity index (χ4n) is 3.81. The Kier molecular flexibility index (Phi) is 40.2. The number of ether oxygens (including phenoxy) is 1. The zero-order chi connectivity index (χ0) is 36.2. The average Bonchev–Trinajstić information content (AvgIpc) is 3.02. The van der Waals surface area contributed by atoms with Crippen LogP contribution in [0.4, 0.5) is 5.69 Å². The van der Waals surface area contributed by atoms with E-state index in [0.717, 1.165) is 36.9 Å². The van der Waals surface area contributed by atoms with Crippen molar-refractivity contribution >= 4 is 24.3 Å². The second-order valence-corrected chi connectivity index (χ2v) is 11.4. The number of primary amides is 1. The Hall–Kier alpha value is -2.01. The van der Waals surface area contributed by atoms with Crippen LogP contribution in [0.3, 0.4) is 0 Å². The number of nitrogens with two attached hydrogens (primary N) is 3. The van der Waals surface area contributed by atoms with Crippen LogP contribution in [0.15, 0.2) is 36.7 Å². The van der Waals surface area contributed by atoms with Gasteiger partial charge < -0.3 is 63.5 Å². The Bertz CT molecular complexity index is 926. The number of hydrogen-bond donors (Lipinski definition) is 8. The maximum atomic E-state index is 12.5. The minimum Gasteiger partial charge on any atom is -0.475 e. The van der Waals surface area contributed by atoms with Crippen molar-refractivity contribution in [2.75, 3.05) is 40.1 Å². The molecule has 14 nitrogen and oxygen atoms in total. The normalized spacial score (nSPS) is 12.4. The molecule has 0 aliphatic rings. The van der Waals surface area contributed by atoms with E-state index in [4.69, 9.17) is 15.3 Å². The molecule has 0 saturated heterocycles. The van der Waals surface area contributed by atoms with Crippen molar-refractivity contribution in [2.24, 2.45) is 35.0 Å². The summed E-state index contributed by atoms with van der Waals surface area (Å²) in [4.78, 5) is 32.8. The molecular formula is C33H67N8O6Y-. The maximum absolute atomic E-state index is 12.5. The molecule has 1 aromatic rings. The van der Waals surface area contributed by atoms with Crippen LogP contribution in [0.1, 0.15) is 59.9 Å². The van der Waals surface area contributed by atoms with E-state index in [-0.39, 0.29) is 80.5 Å². The SMILES string of the molecule is C=C(OCc1ccc(NC(=O)[C@H](CCCNC)NC)cc1)N(C)C(C(C)C)C(O)N[CH-]C(C)C.CC(C)C(N)C=O.CN.NC=O.O.[Y]. The first kappa shape index (κ1) is 55.4. The predicted molar refractivity (Wildman–Crippen MR) is 193 cm³/mol. The van der Waals surface area contributed by atoms with Crippen molar-refractivity contribution in [3.63, 3.8) is 0 Å². The topological polar surface area (TPSA) is 242 Å². The quantitative estimate of drug-likeness (QED) is 0.0324. The molecule has 1 rings (SSSR count). The van der Waals surface area contributed by atoms with Gasteiger partial charge in [-0.3, -0.25) is 16.1 Å². The maximum Gasteiger partial charge on any atom is 0.241 e. The van der Waals surface area contributed by atoms with Crippen LogP contribution in [-0.4, -0.2) is 93.2 Å². The van der Waals surface area contributed by atoms with Gasteiger partial charge in [0.25, 0.3) is 0 Å². The molecular weight excluding hydrogens is 693 g/mol. The van der Waals surface area contributed by atoms with Crippen molar-refractivity contribution in [1.82, 2.24) is 20.9 Å². The number of anilines is 1. The predicted octanol–water partition coefficient (Wildman–Crippen LogP) is 0.900.